The third-order valence-electron chi connectivity index (χ3n) is 2.98. The van der Waals surface area contributed by atoms with Gasteiger partial charge in [0.15, 0.2) is 0 Å². The summed E-state index contributed by atoms with van der Waals surface area (Å²) in [6.45, 7) is 11.5. The minimum atomic E-state index is 0.303. The van der Waals surface area contributed by atoms with Gasteiger partial charge in [0.25, 0.3) is 0 Å². The Morgan fingerprint density at radius 3 is 2.63 bits per heavy atom. The van der Waals surface area contributed by atoms with E-state index in [9.17, 15) is 0 Å². The first-order valence-corrected chi connectivity index (χ1v) is 7.23. The second-order valence-corrected chi connectivity index (χ2v) is 4.78. The Hall–Kier alpha value is -1.06. The van der Waals surface area contributed by atoms with Crippen LogP contribution >= 0.6 is 0 Å². The Balaban J connectivity index is 2.61. The van der Waals surface area contributed by atoms with Gasteiger partial charge in [-0.2, -0.15) is 0 Å². The normalized spacial score (nSPS) is 12.4. The molecule has 0 spiro atoms. The van der Waals surface area contributed by atoms with Crippen LogP contribution in [-0.4, -0.2) is 26.4 Å². The number of aryl methyl sites for hydroxylation is 1. The minimum Gasteiger partial charge on any atom is -0.491 e. The van der Waals surface area contributed by atoms with E-state index >= 15 is 0 Å². The lowest BCUT2D eigenvalue weighted by molar-refractivity contribution is 0.100. The number of hydrogen-bond acceptors (Lipinski definition) is 3. The molecule has 0 aliphatic rings. The van der Waals surface area contributed by atoms with Crippen LogP contribution in [0.4, 0.5) is 0 Å². The summed E-state index contributed by atoms with van der Waals surface area (Å²) in [5.74, 6) is 0.966. The van der Waals surface area contributed by atoms with Crippen LogP contribution < -0.4 is 10.1 Å². The summed E-state index contributed by atoms with van der Waals surface area (Å²) >= 11 is 0. The van der Waals surface area contributed by atoms with Crippen LogP contribution in [0.5, 0.6) is 5.75 Å². The van der Waals surface area contributed by atoms with E-state index in [1.54, 1.807) is 0 Å². The molecule has 0 amide bonds. The highest BCUT2D eigenvalue weighted by atomic mass is 16.5. The summed E-state index contributed by atoms with van der Waals surface area (Å²) in [5.41, 5.74) is 2.43. The van der Waals surface area contributed by atoms with Crippen molar-refractivity contribution < 1.29 is 9.47 Å². The van der Waals surface area contributed by atoms with Crippen LogP contribution in [0.1, 0.15) is 44.4 Å². The lowest BCUT2D eigenvalue weighted by Gasteiger charge is -2.18. The minimum absolute atomic E-state index is 0.303. The molecule has 1 atom stereocenters. The van der Waals surface area contributed by atoms with Crippen LogP contribution in [0.3, 0.4) is 0 Å². The first-order valence-electron chi connectivity index (χ1n) is 7.23. The average molecular weight is 265 g/mol. The number of rotatable bonds is 9. The van der Waals surface area contributed by atoms with Gasteiger partial charge in [0, 0.05) is 18.2 Å². The topological polar surface area (TPSA) is 30.5 Å². The summed E-state index contributed by atoms with van der Waals surface area (Å²) in [5, 5.41) is 3.42. The Bertz CT molecular complexity index is 366. The summed E-state index contributed by atoms with van der Waals surface area (Å²) in [6.07, 6.45) is 1.05. The second kappa shape index (κ2) is 8.94. The van der Waals surface area contributed by atoms with Crippen molar-refractivity contribution in [3.63, 3.8) is 0 Å². The van der Waals surface area contributed by atoms with Crippen molar-refractivity contribution in [3.8, 4) is 5.75 Å². The number of ether oxygens (including phenoxy) is 2. The Morgan fingerprint density at radius 2 is 1.95 bits per heavy atom. The molecule has 0 aliphatic carbocycles. The van der Waals surface area contributed by atoms with Gasteiger partial charge in [-0.1, -0.05) is 26.0 Å². The highest BCUT2D eigenvalue weighted by Gasteiger charge is 2.10. The van der Waals surface area contributed by atoms with Crippen molar-refractivity contribution in [3.05, 3.63) is 29.3 Å². The predicted molar refractivity (Wildman–Crippen MR) is 79.9 cm³/mol. The standard InChI is InChI=1S/C16H27NO2/c1-5-9-18-10-11-19-16-12-13(3)7-8-15(16)14(4)17-6-2/h7-8,12,14,17H,5-6,9-11H2,1-4H3. The largest absolute Gasteiger partial charge is 0.491 e. The molecule has 0 aromatic heterocycles. The van der Waals surface area contributed by atoms with Crippen molar-refractivity contribution in [1.82, 2.24) is 5.32 Å². The molecule has 19 heavy (non-hydrogen) atoms. The summed E-state index contributed by atoms with van der Waals surface area (Å²) in [7, 11) is 0. The molecule has 0 bridgehead atoms. The SMILES string of the molecule is CCCOCCOc1cc(C)ccc1C(C)NCC. The van der Waals surface area contributed by atoms with Crippen molar-refractivity contribution >= 4 is 0 Å². The fraction of sp³-hybridized carbons (Fsp3) is 0.625. The van der Waals surface area contributed by atoms with Crippen LogP contribution in [0.2, 0.25) is 0 Å². The average Bonchev–Trinajstić information content (AvgIpc) is 2.39. The monoisotopic (exact) mass is 265 g/mol. The molecule has 0 saturated carbocycles. The fourth-order valence-electron chi connectivity index (χ4n) is 2.00. The molecule has 0 radical (unpaired) electrons. The lowest BCUT2D eigenvalue weighted by Crippen LogP contribution is -2.19. The molecule has 1 aromatic rings. The Labute approximate surface area is 117 Å². The van der Waals surface area contributed by atoms with E-state index in [1.165, 1.54) is 11.1 Å². The Morgan fingerprint density at radius 1 is 1.16 bits per heavy atom. The molecule has 108 valence electrons. The van der Waals surface area contributed by atoms with Crippen LogP contribution in [0.25, 0.3) is 0 Å². The highest BCUT2D eigenvalue weighted by Crippen LogP contribution is 2.26. The smallest absolute Gasteiger partial charge is 0.124 e. The third kappa shape index (κ3) is 5.62. The third-order valence-corrected chi connectivity index (χ3v) is 2.98. The quantitative estimate of drug-likeness (QED) is 0.693. The molecule has 1 rings (SSSR count). The van der Waals surface area contributed by atoms with E-state index < -0.39 is 0 Å². The molecule has 0 saturated heterocycles. The molecule has 1 aromatic carbocycles. The van der Waals surface area contributed by atoms with Crippen LogP contribution in [0, 0.1) is 6.92 Å². The molecule has 1 unspecified atom stereocenters. The zero-order chi connectivity index (χ0) is 14.1. The fourth-order valence-corrected chi connectivity index (χ4v) is 2.00. The van der Waals surface area contributed by atoms with Crippen molar-refractivity contribution in [2.75, 3.05) is 26.4 Å². The number of hydrogen-bond donors (Lipinski definition) is 1. The number of benzene rings is 1. The van der Waals surface area contributed by atoms with Gasteiger partial charge in [0.05, 0.1) is 6.61 Å². The van der Waals surface area contributed by atoms with E-state index in [2.05, 4.69) is 51.2 Å². The van der Waals surface area contributed by atoms with Gasteiger partial charge in [-0.25, -0.2) is 0 Å². The van der Waals surface area contributed by atoms with Gasteiger partial charge < -0.3 is 14.8 Å². The Kier molecular flexibility index (Phi) is 7.53. The molecule has 0 heterocycles. The summed E-state index contributed by atoms with van der Waals surface area (Å²) < 4.78 is 11.3. The summed E-state index contributed by atoms with van der Waals surface area (Å²) in [4.78, 5) is 0. The molecule has 0 fully saturated rings. The van der Waals surface area contributed by atoms with Crippen molar-refractivity contribution in [2.24, 2.45) is 0 Å². The first kappa shape index (κ1) is 16.0. The maximum Gasteiger partial charge on any atom is 0.124 e. The van der Waals surface area contributed by atoms with Gasteiger partial charge in [-0.05, 0) is 38.4 Å². The van der Waals surface area contributed by atoms with Crippen molar-refractivity contribution in [1.29, 1.82) is 0 Å². The molecular weight excluding hydrogens is 238 g/mol. The van der Waals surface area contributed by atoms with Crippen LogP contribution in [-0.2, 0) is 4.74 Å². The zero-order valence-corrected chi connectivity index (χ0v) is 12.7. The highest BCUT2D eigenvalue weighted by molar-refractivity contribution is 5.39. The molecular formula is C16H27NO2. The van der Waals surface area contributed by atoms with Gasteiger partial charge in [-0.15, -0.1) is 0 Å². The van der Waals surface area contributed by atoms with Crippen LogP contribution in [0.15, 0.2) is 18.2 Å². The maximum absolute atomic E-state index is 5.87. The first-order chi connectivity index (χ1) is 9.19. The molecule has 0 aliphatic heterocycles. The second-order valence-electron chi connectivity index (χ2n) is 4.78. The van der Waals surface area contributed by atoms with E-state index in [0.29, 0.717) is 19.3 Å². The number of nitrogens with one attached hydrogen (secondary N) is 1. The molecule has 1 N–H and O–H groups in total. The lowest BCUT2D eigenvalue weighted by atomic mass is 10.0. The molecule has 3 nitrogen and oxygen atoms in total. The van der Waals surface area contributed by atoms with E-state index in [-0.39, 0.29) is 0 Å². The van der Waals surface area contributed by atoms with Gasteiger partial charge in [0.2, 0.25) is 0 Å². The van der Waals surface area contributed by atoms with E-state index in [1.807, 2.05) is 0 Å². The molecule has 3 heteroatoms. The predicted octanol–water partition coefficient (Wildman–Crippen LogP) is 3.47. The van der Waals surface area contributed by atoms with Crippen molar-refractivity contribution in [2.45, 2.75) is 40.2 Å². The van der Waals surface area contributed by atoms with Gasteiger partial charge >= 0.3 is 0 Å². The zero-order valence-electron chi connectivity index (χ0n) is 12.7. The van der Waals surface area contributed by atoms with Gasteiger partial charge in [-0.3, -0.25) is 0 Å². The van der Waals surface area contributed by atoms with E-state index in [4.69, 9.17) is 9.47 Å². The summed E-state index contributed by atoms with van der Waals surface area (Å²) in [6, 6.07) is 6.68. The maximum atomic E-state index is 5.87. The van der Waals surface area contributed by atoms with E-state index in [0.717, 1.165) is 25.3 Å². The van der Waals surface area contributed by atoms with Gasteiger partial charge in [0.1, 0.15) is 12.4 Å².